The van der Waals surface area contributed by atoms with Crippen LogP contribution in [0.3, 0.4) is 0 Å². The molecule has 0 aliphatic heterocycles. The molecule has 0 aliphatic carbocycles. The largest absolute Gasteiger partial charge is 0.409 e. The highest BCUT2D eigenvalue weighted by atomic mass is 16.4. The summed E-state index contributed by atoms with van der Waals surface area (Å²) in [5.41, 5.74) is 8.39. The summed E-state index contributed by atoms with van der Waals surface area (Å²) in [6, 6.07) is 13.5. The number of pyridine rings is 1. The van der Waals surface area contributed by atoms with Crippen molar-refractivity contribution in [3.63, 3.8) is 0 Å². The average Bonchev–Trinajstić information content (AvgIpc) is 2.53. The minimum absolute atomic E-state index is 0.118. The molecule has 0 atom stereocenters. The SMILES string of the molecule is CN(CCc1ccccn1)c1ccc(/C(N)=N/O)cc1. The number of benzene rings is 1. The molecule has 3 N–H and O–H groups in total. The van der Waals surface area contributed by atoms with E-state index < -0.39 is 0 Å². The molecule has 2 rings (SSSR count). The second kappa shape index (κ2) is 6.56. The van der Waals surface area contributed by atoms with Gasteiger partial charge in [-0.2, -0.15) is 0 Å². The van der Waals surface area contributed by atoms with Crippen molar-refractivity contribution in [1.82, 2.24) is 4.98 Å². The van der Waals surface area contributed by atoms with Crippen molar-refractivity contribution in [2.75, 3.05) is 18.5 Å². The van der Waals surface area contributed by atoms with Crippen molar-refractivity contribution in [2.24, 2.45) is 10.9 Å². The second-order valence-electron chi connectivity index (χ2n) is 4.52. The van der Waals surface area contributed by atoms with E-state index in [4.69, 9.17) is 10.9 Å². The third-order valence-corrected chi connectivity index (χ3v) is 3.14. The van der Waals surface area contributed by atoms with E-state index in [0.717, 1.165) is 24.3 Å². The number of rotatable bonds is 5. The van der Waals surface area contributed by atoms with Gasteiger partial charge >= 0.3 is 0 Å². The summed E-state index contributed by atoms with van der Waals surface area (Å²) in [4.78, 5) is 6.45. The van der Waals surface area contributed by atoms with Crippen LogP contribution in [0.1, 0.15) is 11.3 Å². The van der Waals surface area contributed by atoms with Crippen LogP contribution in [0, 0.1) is 0 Å². The number of hydrogen-bond donors (Lipinski definition) is 2. The molecule has 0 unspecified atom stereocenters. The van der Waals surface area contributed by atoms with Crippen molar-refractivity contribution in [3.05, 3.63) is 59.9 Å². The Hall–Kier alpha value is -2.56. The van der Waals surface area contributed by atoms with Crippen LogP contribution >= 0.6 is 0 Å². The van der Waals surface area contributed by atoms with Crippen LogP contribution < -0.4 is 10.6 Å². The maximum atomic E-state index is 8.62. The highest BCUT2D eigenvalue weighted by molar-refractivity contribution is 5.97. The highest BCUT2D eigenvalue weighted by Crippen LogP contribution is 2.14. The number of anilines is 1. The van der Waals surface area contributed by atoms with E-state index in [9.17, 15) is 0 Å². The standard InChI is InChI=1S/C15H18N4O/c1-19(11-9-13-4-2-3-10-17-13)14-7-5-12(6-8-14)15(16)18-20/h2-8,10,20H,9,11H2,1H3,(H2,16,18). The molecule has 0 aliphatic rings. The molecule has 0 saturated heterocycles. The van der Waals surface area contributed by atoms with Gasteiger partial charge in [-0.1, -0.05) is 11.2 Å². The van der Waals surface area contributed by atoms with Gasteiger partial charge in [-0.15, -0.1) is 0 Å². The maximum Gasteiger partial charge on any atom is 0.170 e. The van der Waals surface area contributed by atoms with Gasteiger partial charge < -0.3 is 15.8 Å². The van der Waals surface area contributed by atoms with Crippen molar-refractivity contribution >= 4 is 11.5 Å². The van der Waals surface area contributed by atoms with Gasteiger partial charge in [0.15, 0.2) is 5.84 Å². The summed E-state index contributed by atoms with van der Waals surface area (Å²) in [5.74, 6) is 0.118. The van der Waals surface area contributed by atoms with E-state index in [1.807, 2.05) is 49.5 Å². The molecule has 0 saturated carbocycles. The van der Waals surface area contributed by atoms with E-state index in [-0.39, 0.29) is 5.84 Å². The number of nitrogens with two attached hydrogens (primary N) is 1. The molecule has 5 heteroatoms. The number of likely N-dealkylation sites (N-methyl/N-ethyl adjacent to an activating group) is 1. The first kappa shape index (κ1) is 13.9. The van der Waals surface area contributed by atoms with E-state index >= 15 is 0 Å². The number of hydrogen-bond acceptors (Lipinski definition) is 4. The minimum Gasteiger partial charge on any atom is -0.409 e. The molecular formula is C15H18N4O. The van der Waals surface area contributed by atoms with Crippen LogP contribution in [-0.4, -0.2) is 29.6 Å². The van der Waals surface area contributed by atoms with Crippen molar-refractivity contribution in [2.45, 2.75) is 6.42 Å². The van der Waals surface area contributed by atoms with Gasteiger partial charge in [0.25, 0.3) is 0 Å². The Balaban J connectivity index is 1.97. The molecule has 104 valence electrons. The third-order valence-electron chi connectivity index (χ3n) is 3.14. The first-order valence-electron chi connectivity index (χ1n) is 6.39. The Labute approximate surface area is 118 Å². The van der Waals surface area contributed by atoms with Crippen LogP contribution in [0.15, 0.2) is 53.8 Å². The molecule has 0 spiro atoms. The zero-order chi connectivity index (χ0) is 14.4. The number of amidine groups is 1. The Morgan fingerprint density at radius 3 is 2.60 bits per heavy atom. The fourth-order valence-corrected chi connectivity index (χ4v) is 1.90. The van der Waals surface area contributed by atoms with Gasteiger partial charge in [0.2, 0.25) is 0 Å². The van der Waals surface area contributed by atoms with E-state index in [1.54, 1.807) is 6.20 Å². The van der Waals surface area contributed by atoms with Gasteiger partial charge in [-0.05, 0) is 36.4 Å². The molecule has 20 heavy (non-hydrogen) atoms. The van der Waals surface area contributed by atoms with Crippen LogP contribution in [0.25, 0.3) is 0 Å². The summed E-state index contributed by atoms with van der Waals surface area (Å²) < 4.78 is 0. The fraction of sp³-hybridized carbons (Fsp3) is 0.200. The fourth-order valence-electron chi connectivity index (χ4n) is 1.90. The normalized spacial score (nSPS) is 11.3. The lowest BCUT2D eigenvalue weighted by molar-refractivity contribution is 0.318. The predicted octanol–water partition coefficient (Wildman–Crippen LogP) is 1.85. The van der Waals surface area contributed by atoms with Crippen LogP contribution in [0.4, 0.5) is 5.69 Å². The highest BCUT2D eigenvalue weighted by Gasteiger charge is 2.04. The molecule has 0 radical (unpaired) electrons. The van der Waals surface area contributed by atoms with Gasteiger partial charge in [0.1, 0.15) is 0 Å². The second-order valence-corrected chi connectivity index (χ2v) is 4.52. The van der Waals surface area contributed by atoms with Gasteiger partial charge in [0, 0.05) is 43.2 Å². The predicted molar refractivity (Wildman–Crippen MR) is 80.2 cm³/mol. The van der Waals surface area contributed by atoms with Crippen LogP contribution in [0.5, 0.6) is 0 Å². The Morgan fingerprint density at radius 2 is 2.00 bits per heavy atom. The smallest absolute Gasteiger partial charge is 0.170 e. The van der Waals surface area contributed by atoms with Crippen molar-refractivity contribution < 1.29 is 5.21 Å². The summed E-state index contributed by atoms with van der Waals surface area (Å²) in [6.07, 6.45) is 2.69. The lowest BCUT2D eigenvalue weighted by atomic mass is 10.1. The van der Waals surface area contributed by atoms with Crippen molar-refractivity contribution in [1.29, 1.82) is 0 Å². The molecule has 0 bridgehead atoms. The lowest BCUT2D eigenvalue weighted by Gasteiger charge is -2.19. The Bertz CT molecular complexity index is 566. The first-order valence-corrected chi connectivity index (χ1v) is 6.39. The van der Waals surface area contributed by atoms with E-state index in [0.29, 0.717) is 5.56 Å². The van der Waals surface area contributed by atoms with Crippen LogP contribution in [-0.2, 0) is 6.42 Å². The van der Waals surface area contributed by atoms with Gasteiger partial charge in [-0.3, -0.25) is 4.98 Å². The summed E-state index contributed by atoms with van der Waals surface area (Å²) in [7, 11) is 2.03. The van der Waals surface area contributed by atoms with Crippen molar-refractivity contribution in [3.8, 4) is 0 Å². The summed E-state index contributed by atoms with van der Waals surface area (Å²) in [6.45, 7) is 0.875. The molecule has 1 heterocycles. The minimum atomic E-state index is 0.118. The molecule has 0 fully saturated rings. The number of oxime groups is 1. The third kappa shape index (κ3) is 3.47. The topological polar surface area (TPSA) is 74.7 Å². The maximum absolute atomic E-state index is 8.62. The molecular weight excluding hydrogens is 252 g/mol. The summed E-state index contributed by atoms with van der Waals surface area (Å²) in [5, 5.41) is 11.6. The molecule has 2 aromatic rings. The van der Waals surface area contributed by atoms with E-state index in [1.165, 1.54) is 0 Å². The zero-order valence-electron chi connectivity index (χ0n) is 11.4. The van der Waals surface area contributed by atoms with Gasteiger partial charge in [0.05, 0.1) is 0 Å². The zero-order valence-corrected chi connectivity index (χ0v) is 11.4. The Kier molecular flexibility index (Phi) is 4.55. The average molecular weight is 270 g/mol. The summed E-state index contributed by atoms with van der Waals surface area (Å²) >= 11 is 0. The molecule has 5 nitrogen and oxygen atoms in total. The Morgan fingerprint density at radius 1 is 1.25 bits per heavy atom. The lowest BCUT2D eigenvalue weighted by Crippen LogP contribution is -2.21. The van der Waals surface area contributed by atoms with Gasteiger partial charge in [-0.25, -0.2) is 0 Å². The molecule has 1 aromatic heterocycles. The number of aromatic nitrogens is 1. The van der Waals surface area contributed by atoms with Crippen LogP contribution in [0.2, 0.25) is 0 Å². The molecule has 1 aromatic carbocycles. The monoisotopic (exact) mass is 270 g/mol. The number of nitrogens with zero attached hydrogens (tertiary/aromatic N) is 3. The quantitative estimate of drug-likeness (QED) is 0.376. The molecule has 0 amide bonds. The first-order chi connectivity index (χ1) is 9.70. The van der Waals surface area contributed by atoms with E-state index in [2.05, 4.69) is 15.0 Å².